The normalized spacial score (nSPS) is 13.8. The van der Waals surface area contributed by atoms with Crippen molar-refractivity contribution in [2.24, 2.45) is 0 Å². The second kappa shape index (κ2) is 9.65. The van der Waals surface area contributed by atoms with Gasteiger partial charge in [-0.2, -0.15) is 0 Å². The first-order chi connectivity index (χ1) is 15.4. The summed E-state index contributed by atoms with van der Waals surface area (Å²) in [5, 5.41) is 11.3. The highest BCUT2D eigenvalue weighted by Gasteiger charge is 2.20. The van der Waals surface area contributed by atoms with Gasteiger partial charge in [0.25, 0.3) is 0 Å². The number of fused-ring (bicyclic) bond motifs is 1. The molecule has 0 bridgehead atoms. The van der Waals surface area contributed by atoms with Crippen LogP contribution in [0.2, 0.25) is 0 Å². The Labute approximate surface area is 192 Å². The van der Waals surface area contributed by atoms with Crippen molar-refractivity contribution in [2.75, 3.05) is 11.2 Å². The summed E-state index contributed by atoms with van der Waals surface area (Å²) >= 11 is 1.27. The molecule has 2 aromatic carbocycles. The van der Waals surface area contributed by atoms with E-state index in [9.17, 15) is 4.79 Å². The van der Waals surface area contributed by atoms with Crippen LogP contribution in [0.25, 0.3) is 0 Å². The van der Waals surface area contributed by atoms with Crippen LogP contribution in [0, 0.1) is 0 Å². The number of carbonyl (C=O) groups excluding carboxylic acids is 1. The van der Waals surface area contributed by atoms with Crippen molar-refractivity contribution >= 4 is 23.4 Å². The summed E-state index contributed by atoms with van der Waals surface area (Å²) in [6.45, 7) is 6.33. The molecule has 0 saturated heterocycles. The minimum atomic E-state index is -0.382. The molecular weight excluding hydrogens is 422 g/mol. The lowest BCUT2D eigenvalue weighted by atomic mass is 10.0. The molecule has 1 amide bonds. The van der Waals surface area contributed by atoms with Gasteiger partial charge in [-0.3, -0.25) is 4.79 Å². The van der Waals surface area contributed by atoms with E-state index in [0.29, 0.717) is 16.9 Å². The number of anilines is 1. The van der Waals surface area contributed by atoms with Crippen LogP contribution in [0.4, 0.5) is 5.69 Å². The molecule has 7 nitrogen and oxygen atoms in total. The molecular formula is C24H29N5O2S. The van der Waals surface area contributed by atoms with E-state index in [1.807, 2.05) is 25.1 Å². The van der Waals surface area contributed by atoms with E-state index in [0.717, 1.165) is 24.3 Å². The zero-order valence-corrected chi connectivity index (χ0v) is 19.5. The van der Waals surface area contributed by atoms with Crippen LogP contribution in [0.3, 0.4) is 0 Å². The number of nitrogens with two attached hydrogens (primary N) is 1. The number of carbonyl (C=O) groups is 1. The zero-order chi connectivity index (χ0) is 22.7. The van der Waals surface area contributed by atoms with Gasteiger partial charge in [0.1, 0.15) is 12.4 Å². The van der Waals surface area contributed by atoms with E-state index in [-0.39, 0.29) is 17.8 Å². The van der Waals surface area contributed by atoms with E-state index < -0.39 is 0 Å². The number of aryl methyl sites for hydroxylation is 2. The van der Waals surface area contributed by atoms with E-state index >= 15 is 0 Å². The summed E-state index contributed by atoms with van der Waals surface area (Å²) in [5.74, 6) is 7.76. The fourth-order valence-corrected chi connectivity index (χ4v) is 4.48. The summed E-state index contributed by atoms with van der Waals surface area (Å²) in [6.07, 6.45) is 3.38. The quantitative estimate of drug-likeness (QED) is 0.392. The number of ether oxygens (including phenoxy) is 1. The lowest BCUT2D eigenvalue weighted by Gasteiger charge is -2.12. The van der Waals surface area contributed by atoms with Gasteiger partial charge in [0.15, 0.2) is 5.82 Å². The Bertz CT molecular complexity index is 1090. The average Bonchev–Trinajstić information content (AvgIpc) is 3.39. The van der Waals surface area contributed by atoms with Gasteiger partial charge in [-0.25, -0.2) is 4.68 Å². The molecule has 1 aromatic heterocycles. The number of nitrogens with zero attached hydrogens (tertiary/aromatic N) is 3. The molecule has 1 aliphatic carbocycles. The number of aromatic nitrogens is 3. The molecule has 32 heavy (non-hydrogen) atoms. The van der Waals surface area contributed by atoms with E-state index in [1.54, 1.807) is 0 Å². The molecule has 8 heteroatoms. The molecule has 0 aliphatic heterocycles. The molecule has 1 unspecified atom stereocenters. The Balaban J connectivity index is 1.32. The largest absolute Gasteiger partial charge is 0.486 e. The van der Waals surface area contributed by atoms with Crippen LogP contribution >= 0.6 is 11.8 Å². The summed E-state index contributed by atoms with van der Waals surface area (Å²) < 4.78 is 7.18. The maximum Gasteiger partial charge on any atom is 0.237 e. The second-order valence-corrected chi connectivity index (χ2v) is 9.68. The lowest BCUT2D eigenvalue weighted by molar-refractivity contribution is -0.115. The Morgan fingerprint density at radius 1 is 1.12 bits per heavy atom. The van der Waals surface area contributed by atoms with Crippen molar-refractivity contribution in [1.29, 1.82) is 0 Å². The zero-order valence-electron chi connectivity index (χ0n) is 18.7. The predicted molar refractivity (Wildman–Crippen MR) is 127 cm³/mol. The first-order valence-electron chi connectivity index (χ1n) is 10.9. The van der Waals surface area contributed by atoms with Gasteiger partial charge in [0.05, 0.1) is 5.25 Å². The first kappa shape index (κ1) is 22.2. The first-order valence-corrected chi connectivity index (χ1v) is 11.8. The van der Waals surface area contributed by atoms with Crippen LogP contribution in [-0.4, -0.2) is 26.0 Å². The topological polar surface area (TPSA) is 95.1 Å². The maximum atomic E-state index is 12.7. The number of rotatable bonds is 8. The molecule has 168 valence electrons. The molecule has 0 saturated carbocycles. The van der Waals surface area contributed by atoms with Crippen LogP contribution in [0.5, 0.6) is 5.75 Å². The smallest absolute Gasteiger partial charge is 0.237 e. The monoisotopic (exact) mass is 451 g/mol. The van der Waals surface area contributed by atoms with Gasteiger partial charge in [0, 0.05) is 5.69 Å². The molecule has 0 spiro atoms. The van der Waals surface area contributed by atoms with Gasteiger partial charge in [-0.05, 0) is 73.1 Å². The molecule has 1 heterocycles. The van der Waals surface area contributed by atoms with Crippen molar-refractivity contribution < 1.29 is 9.53 Å². The van der Waals surface area contributed by atoms with Crippen molar-refractivity contribution in [3.63, 3.8) is 0 Å². The van der Waals surface area contributed by atoms with Gasteiger partial charge in [-0.1, -0.05) is 43.8 Å². The van der Waals surface area contributed by atoms with Crippen LogP contribution in [0.15, 0.2) is 47.6 Å². The molecule has 0 radical (unpaired) electrons. The Hall–Kier alpha value is -3.00. The van der Waals surface area contributed by atoms with Crippen molar-refractivity contribution in [2.45, 2.75) is 63.0 Å². The van der Waals surface area contributed by atoms with Gasteiger partial charge < -0.3 is 15.9 Å². The number of nitrogens with one attached hydrogen (secondary N) is 1. The van der Waals surface area contributed by atoms with Crippen molar-refractivity contribution in [3.8, 4) is 5.75 Å². The SMILES string of the molecule is CC(Sc1nnc(COc2ccc(C(C)C)cc2)n1N)C(=O)Nc1ccc2c(c1)CCC2. The third-order valence-electron chi connectivity index (χ3n) is 5.67. The molecule has 3 aromatic rings. The highest BCUT2D eigenvalue weighted by molar-refractivity contribution is 8.00. The Morgan fingerprint density at radius 3 is 2.62 bits per heavy atom. The van der Waals surface area contributed by atoms with Crippen LogP contribution < -0.4 is 15.9 Å². The molecule has 1 aliphatic rings. The third-order valence-corrected chi connectivity index (χ3v) is 6.72. The molecule has 0 fully saturated rings. The maximum absolute atomic E-state index is 12.7. The van der Waals surface area contributed by atoms with Gasteiger partial charge in [0.2, 0.25) is 11.1 Å². The number of hydrogen-bond acceptors (Lipinski definition) is 6. The summed E-state index contributed by atoms with van der Waals surface area (Å²) in [6, 6.07) is 14.1. The molecule has 3 N–H and O–H groups in total. The number of thioether (sulfide) groups is 1. The summed E-state index contributed by atoms with van der Waals surface area (Å²) in [5.41, 5.74) is 4.79. The fourth-order valence-electron chi connectivity index (χ4n) is 3.69. The Morgan fingerprint density at radius 2 is 1.88 bits per heavy atom. The highest BCUT2D eigenvalue weighted by atomic mass is 32.2. The summed E-state index contributed by atoms with van der Waals surface area (Å²) in [7, 11) is 0. The number of amides is 1. The highest BCUT2D eigenvalue weighted by Crippen LogP contribution is 2.27. The number of nitrogen functional groups attached to an aromatic ring is 1. The van der Waals surface area contributed by atoms with Crippen LogP contribution in [-0.2, 0) is 24.2 Å². The van der Waals surface area contributed by atoms with E-state index in [2.05, 4.69) is 53.6 Å². The van der Waals surface area contributed by atoms with E-state index in [4.69, 9.17) is 10.6 Å². The minimum absolute atomic E-state index is 0.0982. The van der Waals surface area contributed by atoms with Crippen LogP contribution in [0.1, 0.15) is 55.6 Å². The van der Waals surface area contributed by atoms with E-state index in [1.165, 1.54) is 39.5 Å². The van der Waals surface area contributed by atoms with Crippen molar-refractivity contribution in [3.05, 3.63) is 65.0 Å². The average molecular weight is 452 g/mol. The number of hydrogen-bond donors (Lipinski definition) is 2. The molecule has 1 atom stereocenters. The fraction of sp³-hybridized carbons (Fsp3) is 0.375. The molecule has 4 rings (SSSR count). The van der Waals surface area contributed by atoms with Gasteiger partial charge in [-0.15, -0.1) is 10.2 Å². The third kappa shape index (κ3) is 5.07. The van der Waals surface area contributed by atoms with Gasteiger partial charge >= 0.3 is 0 Å². The Kier molecular flexibility index (Phi) is 6.69. The van der Waals surface area contributed by atoms with Crippen molar-refractivity contribution in [1.82, 2.24) is 14.9 Å². The standard InChI is InChI=1S/C24H29N5O2S/c1-15(2)17-8-11-21(12-9-17)31-14-22-27-28-24(29(22)25)32-16(3)23(30)26-20-10-7-18-5-4-6-19(18)13-20/h7-13,15-16H,4-6,14,25H2,1-3H3,(H,26,30). The predicted octanol–water partition coefficient (Wildman–Crippen LogP) is 4.30. The number of benzene rings is 2. The second-order valence-electron chi connectivity index (χ2n) is 8.37. The minimum Gasteiger partial charge on any atom is -0.486 e. The lowest BCUT2D eigenvalue weighted by Crippen LogP contribution is -2.24. The summed E-state index contributed by atoms with van der Waals surface area (Å²) in [4.78, 5) is 12.7.